The fourth-order valence-corrected chi connectivity index (χ4v) is 4.91. The van der Waals surface area contributed by atoms with Gasteiger partial charge in [0, 0.05) is 17.8 Å². The zero-order valence-electron chi connectivity index (χ0n) is 19.8. The molecule has 0 unspecified atom stereocenters. The minimum absolute atomic E-state index is 0.0511. The van der Waals surface area contributed by atoms with Crippen LogP contribution in [0.5, 0.6) is 0 Å². The van der Waals surface area contributed by atoms with E-state index in [0.717, 1.165) is 36.8 Å². The van der Waals surface area contributed by atoms with E-state index in [9.17, 15) is 14.4 Å². The monoisotopic (exact) mass is 452 g/mol. The Balaban J connectivity index is 1.78. The van der Waals surface area contributed by atoms with Crippen LogP contribution < -0.4 is 10.2 Å². The first-order chi connectivity index (χ1) is 15.8. The molecular weight excluding hydrogens is 420 g/mol. The third-order valence-corrected chi connectivity index (χ3v) is 7.04. The molecule has 1 aliphatic carbocycles. The predicted octanol–water partition coefficient (Wildman–Crippen LogP) is 3.54. The van der Waals surface area contributed by atoms with E-state index >= 15 is 0 Å². The number of esters is 1. The molecule has 4 rings (SSSR count). The SMILES string of the molecule is COC(=O)c1cc2n(n1)C[C@@](C)(C(=O)NC1CCCCCC1)N(c1cccc(C)c1C)C2=O. The molecule has 2 aromatic rings. The number of benzene rings is 1. The Morgan fingerprint density at radius 1 is 1.15 bits per heavy atom. The first kappa shape index (κ1) is 23.0. The maximum Gasteiger partial charge on any atom is 0.358 e. The maximum absolute atomic E-state index is 13.8. The number of anilines is 1. The summed E-state index contributed by atoms with van der Waals surface area (Å²) >= 11 is 0. The predicted molar refractivity (Wildman–Crippen MR) is 124 cm³/mol. The van der Waals surface area contributed by atoms with Crippen molar-refractivity contribution in [1.82, 2.24) is 15.1 Å². The number of amides is 2. The van der Waals surface area contributed by atoms with Gasteiger partial charge < -0.3 is 10.1 Å². The highest BCUT2D eigenvalue weighted by Gasteiger charge is 2.50. The van der Waals surface area contributed by atoms with Crippen LogP contribution in [0.3, 0.4) is 0 Å². The Bertz CT molecular complexity index is 1080. The molecule has 0 saturated heterocycles. The standard InChI is InChI=1S/C25H32N4O4/c1-16-10-9-13-20(17(16)2)29-22(30)21-14-19(23(31)33-4)27-28(21)15-25(29,3)24(32)26-18-11-7-5-6-8-12-18/h9-10,13-14,18H,5-8,11-12,15H2,1-4H3,(H,26,32)/t25-/m0/s1. The van der Waals surface area contributed by atoms with Crippen molar-refractivity contribution in [2.24, 2.45) is 0 Å². The molecule has 1 aliphatic heterocycles. The van der Waals surface area contributed by atoms with Crippen LogP contribution >= 0.6 is 0 Å². The van der Waals surface area contributed by atoms with Crippen LogP contribution in [0.1, 0.15) is 77.6 Å². The molecule has 176 valence electrons. The zero-order chi connectivity index (χ0) is 23.8. The van der Waals surface area contributed by atoms with E-state index in [1.165, 1.54) is 30.7 Å². The lowest BCUT2D eigenvalue weighted by molar-refractivity contribution is -0.127. The number of carbonyl (C=O) groups excluding carboxylic acids is 3. The van der Waals surface area contributed by atoms with Crippen LogP contribution in [0, 0.1) is 13.8 Å². The lowest BCUT2D eigenvalue weighted by Crippen LogP contribution is -2.65. The third kappa shape index (κ3) is 4.14. The van der Waals surface area contributed by atoms with Gasteiger partial charge in [0.2, 0.25) is 5.91 Å². The van der Waals surface area contributed by atoms with Crippen LogP contribution in [0.2, 0.25) is 0 Å². The number of fused-ring (bicyclic) bond motifs is 1. The summed E-state index contributed by atoms with van der Waals surface area (Å²) in [7, 11) is 1.27. The topological polar surface area (TPSA) is 93.5 Å². The lowest BCUT2D eigenvalue weighted by atomic mass is 9.91. The summed E-state index contributed by atoms with van der Waals surface area (Å²) in [5.41, 5.74) is 1.74. The molecule has 2 heterocycles. The van der Waals surface area contributed by atoms with Gasteiger partial charge >= 0.3 is 5.97 Å². The minimum atomic E-state index is -1.21. The number of nitrogens with zero attached hydrogens (tertiary/aromatic N) is 3. The normalized spacial score (nSPS) is 21.3. The summed E-state index contributed by atoms with van der Waals surface area (Å²) in [5, 5.41) is 7.52. The van der Waals surface area contributed by atoms with Gasteiger partial charge in [0.05, 0.1) is 13.7 Å². The van der Waals surface area contributed by atoms with E-state index in [-0.39, 0.29) is 35.8 Å². The molecule has 2 amide bonds. The highest BCUT2D eigenvalue weighted by atomic mass is 16.5. The van der Waals surface area contributed by atoms with Crippen LogP contribution in [0.15, 0.2) is 24.3 Å². The average molecular weight is 453 g/mol. The van der Waals surface area contributed by atoms with E-state index in [0.29, 0.717) is 5.69 Å². The minimum Gasteiger partial charge on any atom is -0.464 e. The number of aryl methyl sites for hydroxylation is 1. The number of hydrogen-bond acceptors (Lipinski definition) is 5. The van der Waals surface area contributed by atoms with Gasteiger partial charge in [-0.15, -0.1) is 0 Å². The number of hydrogen-bond donors (Lipinski definition) is 1. The second-order valence-corrected chi connectivity index (χ2v) is 9.36. The molecule has 1 atom stereocenters. The van der Waals surface area contributed by atoms with Crippen molar-refractivity contribution in [1.29, 1.82) is 0 Å². The van der Waals surface area contributed by atoms with E-state index in [2.05, 4.69) is 10.4 Å². The molecule has 8 nitrogen and oxygen atoms in total. The van der Waals surface area contributed by atoms with Crippen molar-refractivity contribution in [3.8, 4) is 0 Å². The summed E-state index contributed by atoms with van der Waals surface area (Å²) in [6.45, 7) is 5.85. The third-order valence-electron chi connectivity index (χ3n) is 7.04. The van der Waals surface area contributed by atoms with Gasteiger partial charge in [0.1, 0.15) is 11.2 Å². The Morgan fingerprint density at radius 2 is 1.85 bits per heavy atom. The lowest BCUT2D eigenvalue weighted by Gasteiger charge is -2.44. The van der Waals surface area contributed by atoms with Gasteiger partial charge in [-0.1, -0.05) is 37.8 Å². The van der Waals surface area contributed by atoms with Crippen LogP contribution in [0.4, 0.5) is 5.69 Å². The van der Waals surface area contributed by atoms with Gasteiger partial charge in [-0.05, 0) is 50.8 Å². The van der Waals surface area contributed by atoms with E-state index in [4.69, 9.17) is 4.74 Å². The molecule has 8 heteroatoms. The van der Waals surface area contributed by atoms with E-state index in [1.54, 1.807) is 11.8 Å². The number of ether oxygens (including phenoxy) is 1. The number of rotatable bonds is 4. The van der Waals surface area contributed by atoms with E-state index in [1.807, 2.05) is 32.0 Å². The molecule has 1 N–H and O–H groups in total. The van der Waals surface area contributed by atoms with Crippen molar-refractivity contribution in [2.75, 3.05) is 12.0 Å². The molecule has 1 saturated carbocycles. The van der Waals surface area contributed by atoms with Crippen molar-refractivity contribution < 1.29 is 19.1 Å². The Labute approximate surface area is 194 Å². The Hall–Kier alpha value is -3.16. The molecule has 2 aliphatic rings. The smallest absolute Gasteiger partial charge is 0.358 e. The Kier molecular flexibility index (Phi) is 6.28. The summed E-state index contributed by atoms with van der Waals surface area (Å²) in [6.07, 6.45) is 6.44. The van der Waals surface area contributed by atoms with Gasteiger partial charge in [-0.3, -0.25) is 19.2 Å². The van der Waals surface area contributed by atoms with Crippen LogP contribution in [-0.2, 0) is 16.1 Å². The first-order valence-corrected chi connectivity index (χ1v) is 11.6. The summed E-state index contributed by atoms with van der Waals surface area (Å²) < 4.78 is 6.25. The van der Waals surface area contributed by atoms with Crippen molar-refractivity contribution in [3.63, 3.8) is 0 Å². The van der Waals surface area contributed by atoms with Crippen LogP contribution in [-0.4, -0.2) is 46.3 Å². The van der Waals surface area contributed by atoms with Crippen LogP contribution in [0.25, 0.3) is 0 Å². The van der Waals surface area contributed by atoms with Crippen molar-refractivity contribution >= 4 is 23.5 Å². The number of carbonyl (C=O) groups is 3. The first-order valence-electron chi connectivity index (χ1n) is 11.6. The molecule has 0 spiro atoms. The summed E-state index contributed by atoms with van der Waals surface area (Å²) in [5.74, 6) is -1.19. The van der Waals surface area contributed by atoms with Crippen molar-refractivity contribution in [3.05, 3.63) is 46.8 Å². The molecule has 33 heavy (non-hydrogen) atoms. The molecular formula is C25H32N4O4. The number of nitrogens with one attached hydrogen (secondary N) is 1. The molecule has 1 aromatic heterocycles. The summed E-state index contributed by atoms with van der Waals surface area (Å²) in [6, 6.07) is 7.27. The largest absolute Gasteiger partial charge is 0.464 e. The second kappa shape index (κ2) is 9.00. The Morgan fingerprint density at radius 3 is 2.52 bits per heavy atom. The van der Waals surface area contributed by atoms with Crippen molar-refractivity contribution in [2.45, 2.75) is 77.4 Å². The quantitative estimate of drug-likeness (QED) is 0.566. The number of aromatic nitrogens is 2. The highest BCUT2D eigenvalue weighted by Crippen LogP contribution is 2.36. The fourth-order valence-electron chi connectivity index (χ4n) is 4.91. The average Bonchev–Trinajstić information content (AvgIpc) is 3.04. The van der Waals surface area contributed by atoms with E-state index < -0.39 is 11.5 Å². The second-order valence-electron chi connectivity index (χ2n) is 9.36. The summed E-state index contributed by atoms with van der Waals surface area (Å²) in [4.78, 5) is 41.3. The van der Waals surface area contributed by atoms with Gasteiger partial charge in [-0.25, -0.2) is 4.79 Å². The van der Waals surface area contributed by atoms with Gasteiger partial charge in [0.15, 0.2) is 5.69 Å². The maximum atomic E-state index is 13.8. The zero-order valence-corrected chi connectivity index (χ0v) is 19.8. The number of methoxy groups -OCH3 is 1. The molecule has 1 fully saturated rings. The molecule has 1 aromatic carbocycles. The molecule has 0 bridgehead atoms. The molecule has 0 radical (unpaired) electrons. The fraction of sp³-hybridized carbons (Fsp3) is 0.520. The van der Waals surface area contributed by atoms with Gasteiger partial charge in [0.25, 0.3) is 5.91 Å². The van der Waals surface area contributed by atoms with Gasteiger partial charge in [-0.2, -0.15) is 5.10 Å². The highest BCUT2D eigenvalue weighted by molar-refractivity contribution is 6.12.